The fourth-order valence-corrected chi connectivity index (χ4v) is 9.13. The number of hydrogen-bond donors (Lipinski definition) is 0. The van der Waals surface area contributed by atoms with Crippen LogP contribution in [-0.4, -0.2) is 41.6 Å². The molecule has 0 spiro atoms. The molecule has 4 heterocycles. The summed E-state index contributed by atoms with van der Waals surface area (Å²) in [4.78, 5) is 9.97. The van der Waals surface area contributed by atoms with Crippen molar-refractivity contribution in [2.45, 2.75) is 45.7 Å². The van der Waals surface area contributed by atoms with Gasteiger partial charge in [-0.15, -0.1) is 0 Å². The maximum atomic E-state index is 4.99. The largest absolute Gasteiger partial charge is 0.255 e. The number of aromatic nitrogens is 2. The Morgan fingerprint density at radius 3 is 1.69 bits per heavy atom. The first-order valence-electron chi connectivity index (χ1n) is 11.3. The fourth-order valence-electron chi connectivity index (χ4n) is 3.71. The summed E-state index contributed by atoms with van der Waals surface area (Å²) in [5.41, 5.74) is 4.99. The molecule has 0 aliphatic carbocycles. The van der Waals surface area contributed by atoms with Crippen molar-refractivity contribution in [3.63, 3.8) is 0 Å². The molecule has 0 fully saturated rings. The van der Waals surface area contributed by atoms with E-state index in [0.717, 1.165) is 70.6 Å². The molecule has 0 saturated carbocycles. The van der Waals surface area contributed by atoms with Crippen molar-refractivity contribution in [3.8, 4) is 0 Å². The van der Waals surface area contributed by atoms with Crippen molar-refractivity contribution in [1.29, 1.82) is 0 Å². The van der Waals surface area contributed by atoms with Crippen molar-refractivity contribution >= 4 is 99.6 Å². The van der Waals surface area contributed by atoms with E-state index in [1.54, 1.807) is 27.4 Å². The lowest BCUT2D eigenvalue weighted by Crippen LogP contribution is -2.25. The lowest BCUT2D eigenvalue weighted by atomic mass is 10.2. The topological polar surface area (TPSA) is 35.5 Å². The molecule has 35 heavy (non-hydrogen) atoms. The van der Waals surface area contributed by atoms with Crippen molar-refractivity contribution < 1.29 is 0 Å². The standard InChI is InChI=1S/C21H23I3N5PS3.C2H6/c22-31-27-10-16-4-1-6-18(25-16)12-28(32-23)14-20-8-3-9-21(30-20)15-29(33-24)13-19-7-2-5-17(11-27)26-19;1-2/h1-9,20,30H,10-15H2;1-2H3. The van der Waals surface area contributed by atoms with Crippen molar-refractivity contribution in [3.05, 3.63) is 82.7 Å². The molecule has 5 nitrogen and oxygen atoms in total. The zero-order valence-electron chi connectivity index (χ0n) is 19.6. The van der Waals surface area contributed by atoms with Crippen LogP contribution in [-0.2, 0) is 26.2 Å². The van der Waals surface area contributed by atoms with Gasteiger partial charge in [-0.2, -0.15) is 0 Å². The number of allylic oxidation sites excluding steroid dienone is 2. The van der Waals surface area contributed by atoms with Gasteiger partial charge >= 0.3 is 0 Å². The van der Waals surface area contributed by atoms with Crippen LogP contribution in [0.2, 0.25) is 0 Å². The highest BCUT2D eigenvalue weighted by molar-refractivity contribution is 14.2. The minimum Gasteiger partial charge on any atom is -0.255 e. The van der Waals surface area contributed by atoms with Crippen LogP contribution in [0.3, 0.4) is 0 Å². The Balaban J connectivity index is 0.00000167. The first-order valence-corrected chi connectivity index (χ1v) is 22.3. The highest BCUT2D eigenvalue weighted by Gasteiger charge is 2.20. The number of halogens is 3. The number of pyridine rings is 2. The second kappa shape index (κ2) is 17.1. The van der Waals surface area contributed by atoms with Crippen LogP contribution in [0.1, 0.15) is 36.6 Å². The van der Waals surface area contributed by atoms with E-state index < -0.39 is 0 Å². The molecule has 2 aliphatic rings. The minimum atomic E-state index is 0.544. The van der Waals surface area contributed by atoms with Crippen LogP contribution >= 0.6 is 99.6 Å². The van der Waals surface area contributed by atoms with Crippen LogP contribution in [0, 0.1) is 0 Å². The summed E-state index contributed by atoms with van der Waals surface area (Å²) in [5.74, 6) is 0. The van der Waals surface area contributed by atoms with Crippen LogP contribution < -0.4 is 0 Å². The molecule has 2 atom stereocenters. The van der Waals surface area contributed by atoms with Gasteiger partial charge in [-0.3, -0.25) is 9.97 Å². The molecule has 0 saturated heterocycles. The second-order valence-electron chi connectivity index (χ2n) is 7.69. The van der Waals surface area contributed by atoms with Gasteiger partial charge in [0, 0.05) is 82.4 Å². The summed E-state index contributed by atoms with van der Waals surface area (Å²) in [7, 11) is 6.09. The zero-order chi connectivity index (χ0) is 25.0. The SMILES string of the molecule is CC.ISN1CC2=CC=CC(CN(SI)Cc3cccc(n3)CN(SI)Cc3cccc(n3)C1)P2. The lowest BCUT2D eigenvalue weighted by Gasteiger charge is -2.27. The van der Waals surface area contributed by atoms with Gasteiger partial charge in [0.2, 0.25) is 0 Å². The summed E-state index contributed by atoms with van der Waals surface area (Å²) in [6, 6.07) is 12.8. The molecule has 4 rings (SSSR count). The van der Waals surface area contributed by atoms with E-state index in [2.05, 4.69) is 131 Å². The number of fused-ring (bicyclic) bond motifs is 6. The quantitative estimate of drug-likeness (QED) is 0.173. The van der Waals surface area contributed by atoms with Gasteiger partial charge in [-0.1, -0.05) is 52.8 Å². The molecule has 190 valence electrons. The summed E-state index contributed by atoms with van der Waals surface area (Å²) >= 11 is 7.17. The fraction of sp³-hybridized carbons (Fsp3) is 0.391. The van der Waals surface area contributed by atoms with E-state index in [1.807, 2.05) is 13.8 Å². The first-order chi connectivity index (χ1) is 17.1. The summed E-state index contributed by atoms with van der Waals surface area (Å²) < 4.78 is 7.17. The normalized spacial score (nSPS) is 20.9. The van der Waals surface area contributed by atoms with Gasteiger partial charge in [0.25, 0.3) is 0 Å². The van der Waals surface area contributed by atoms with Gasteiger partial charge in [-0.25, -0.2) is 12.9 Å². The molecule has 2 aliphatic heterocycles. The van der Waals surface area contributed by atoms with Gasteiger partial charge in [0.15, 0.2) is 0 Å². The van der Waals surface area contributed by atoms with Crippen LogP contribution in [0.4, 0.5) is 0 Å². The number of rotatable bonds is 3. The average molecular weight is 883 g/mol. The Morgan fingerprint density at radius 1 is 0.743 bits per heavy atom. The Labute approximate surface area is 260 Å². The maximum Gasteiger partial charge on any atom is 0.0557 e. The highest BCUT2D eigenvalue weighted by Crippen LogP contribution is 2.38. The molecule has 0 amide bonds. The van der Waals surface area contributed by atoms with E-state index in [-0.39, 0.29) is 0 Å². The predicted molar refractivity (Wildman–Crippen MR) is 184 cm³/mol. The Morgan fingerprint density at radius 2 is 1.20 bits per heavy atom. The van der Waals surface area contributed by atoms with Crippen LogP contribution in [0.25, 0.3) is 0 Å². The summed E-state index contributed by atoms with van der Waals surface area (Å²) in [6.45, 7) is 9.28. The summed E-state index contributed by atoms with van der Waals surface area (Å²) in [5, 5.41) is 1.51. The van der Waals surface area contributed by atoms with Crippen LogP contribution in [0.15, 0.2) is 59.9 Å². The maximum absolute atomic E-state index is 4.99. The lowest BCUT2D eigenvalue weighted by molar-refractivity contribution is 0.445. The van der Waals surface area contributed by atoms with E-state index in [9.17, 15) is 0 Å². The van der Waals surface area contributed by atoms with Gasteiger partial charge < -0.3 is 0 Å². The van der Waals surface area contributed by atoms with Crippen LogP contribution in [0.5, 0.6) is 0 Å². The van der Waals surface area contributed by atoms with Crippen molar-refractivity contribution in [2.24, 2.45) is 0 Å². The average Bonchev–Trinajstić information content (AvgIpc) is 2.89. The molecule has 0 aromatic carbocycles. The van der Waals surface area contributed by atoms with Crippen molar-refractivity contribution in [1.82, 2.24) is 22.9 Å². The van der Waals surface area contributed by atoms with E-state index in [4.69, 9.17) is 9.97 Å². The monoisotopic (exact) mass is 883 g/mol. The first kappa shape index (κ1) is 30.9. The third-order valence-corrected chi connectivity index (χ3v) is 13.0. The Kier molecular flexibility index (Phi) is 15.1. The van der Waals surface area contributed by atoms with Gasteiger partial charge in [0.1, 0.15) is 0 Å². The zero-order valence-corrected chi connectivity index (χ0v) is 29.5. The summed E-state index contributed by atoms with van der Waals surface area (Å²) in [6.07, 6.45) is 6.92. The molecular formula is C23H29I3N5PS3. The van der Waals surface area contributed by atoms with E-state index in [1.165, 1.54) is 5.31 Å². The number of nitrogens with zero attached hydrogens (tertiary/aromatic N) is 5. The van der Waals surface area contributed by atoms with Crippen molar-refractivity contribution in [2.75, 3.05) is 13.1 Å². The second-order valence-corrected chi connectivity index (χ2v) is 14.9. The number of hydrogen-bond acceptors (Lipinski definition) is 8. The predicted octanol–water partition coefficient (Wildman–Crippen LogP) is 8.62. The molecule has 2 aromatic rings. The third kappa shape index (κ3) is 10.4. The molecule has 6 bridgehead atoms. The third-order valence-electron chi connectivity index (χ3n) is 5.13. The Hall–Kier alpha value is 1.33. The molecule has 12 heteroatoms. The molecular weight excluding hydrogens is 854 g/mol. The Bertz CT molecular complexity index is 1000. The van der Waals surface area contributed by atoms with Gasteiger partial charge in [-0.05, 0) is 56.9 Å². The van der Waals surface area contributed by atoms with Gasteiger partial charge in [0.05, 0.1) is 49.0 Å². The molecule has 2 aromatic heterocycles. The molecule has 0 radical (unpaired) electrons. The highest BCUT2D eigenvalue weighted by atomic mass is 127. The molecule has 0 N–H and O–H groups in total. The minimum absolute atomic E-state index is 0.544. The van der Waals surface area contributed by atoms with E-state index in [0.29, 0.717) is 5.66 Å². The smallest absolute Gasteiger partial charge is 0.0557 e. The molecule has 2 unspecified atom stereocenters. The van der Waals surface area contributed by atoms with E-state index >= 15 is 0 Å².